The molecule has 0 aliphatic rings. The van der Waals surface area contributed by atoms with Gasteiger partial charge >= 0.3 is 0 Å². The zero-order valence-electron chi connectivity index (χ0n) is 10.2. The Morgan fingerprint density at radius 2 is 1.36 bits per heavy atom. The molecule has 0 aromatic rings. The molecule has 0 spiro atoms. The molecule has 0 unspecified atom stereocenters. The monoisotopic (exact) mass is 201 g/mol. The summed E-state index contributed by atoms with van der Waals surface area (Å²) >= 11 is 0. The number of hydrogen-bond donors (Lipinski definition) is 0. The molecule has 0 saturated carbocycles. The van der Waals surface area contributed by atoms with Crippen LogP contribution in [0.15, 0.2) is 0 Å². The number of hydroxylamine groups is 2. The molecule has 4 nitrogen and oxygen atoms in total. The molecule has 14 heavy (non-hydrogen) atoms. The lowest BCUT2D eigenvalue weighted by atomic mass is 9.96. The van der Waals surface area contributed by atoms with E-state index in [1.54, 1.807) is 48.7 Å². The number of hydrogen-bond acceptors (Lipinski definition) is 2. The van der Waals surface area contributed by atoms with Crippen LogP contribution >= 0.6 is 0 Å². The van der Waals surface area contributed by atoms with Crippen molar-refractivity contribution in [2.45, 2.75) is 45.7 Å². The van der Waals surface area contributed by atoms with E-state index < -0.39 is 11.1 Å². The average Bonchev–Trinajstić information content (AvgIpc) is 1.99. The highest BCUT2D eigenvalue weighted by Crippen LogP contribution is 2.24. The summed E-state index contributed by atoms with van der Waals surface area (Å²) < 4.78 is 0. The van der Waals surface area contributed by atoms with Gasteiger partial charge in [-0.3, -0.25) is 4.79 Å². The second-order valence-electron chi connectivity index (χ2n) is 5.22. The highest BCUT2D eigenvalue weighted by atomic mass is 16.5. The van der Waals surface area contributed by atoms with Crippen molar-refractivity contribution in [3.05, 3.63) is 0 Å². The van der Waals surface area contributed by atoms with Gasteiger partial charge in [-0.1, -0.05) is 0 Å². The van der Waals surface area contributed by atoms with Gasteiger partial charge in [0, 0.05) is 19.6 Å². The molecule has 4 heteroatoms. The Morgan fingerprint density at radius 3 is 1.57 bits per heavy atom. The van der Waals surface area contributed by atoms with E-state index >= 15 is 0 Å². The minimum atomic E-state index is -1.01. The predicted octanol–water partition coefficient (Wildman–Crippen LogP) is 1.30. The molecule has 1 radical (unpaired) electrons. The van der Waals surface area contributed by atoms with E-state index in [0.29, 0.717) is 0 Å². The Morgan fingerprint density at radius 1 is 1.00 bits per heavy atom. The zero-order chi connectivity index (χ0) is 11.7. The molecule has 0 aromatic carbocycles. The van der Waals surface area contributed by atoms with Crippen molar-refractivity contribution >= 4 is 5.91 Å². The molecule has 0 N–H and O–H groups in total. The number of nitrogens with zero attached hydrogens (tertiary/aromatic N) is 2. The summed E-state index contributed by atoms with van der Waals surface area (Å²) in [6, 6.07) is 0. The van der Waals surface area contributed by atoms with Gasteiger partial charge in [-0.15, -0.1) is 10.3 Å². The SMILES string of the molecule is CN(C)C(=O)C(C)(C)N([O])C(C)(C)C. The van der Waals surface area contributed by atoms with E-state index in [1.165, 1.54) is 4.90 Å². The van der Waals surface area contributed by atoms with Crippen LogP contribution in [-0.4, -0.2) is 41.0 Å². The van der Waals surface area contributed by atoms with Gasteiger partial charge < -0.3 is 4.90 Å². The molecule has 0 heterocycles. The smallest absolute Gasteiger partial charge is 0.244 e. The van der Waals surface area contributed by atoms with Crippen LogP contribution < -0.4 is 0 Å². The second kappa shape index (κ2) is 3.87. The van der Waals surface area contributed by atoms with E-state index in [2.05, 4.69) is 0 Å². The van der Waals surface area contributed by atoms with Crippen LogP contribution in [0.1, 0.15) is 34.6 Å². The van der Waals surface area contributed by atoms with Crippen molar-refractivity contribution in [1.82, 2.24) is 9.96 Å². The molecular weight excluding hydrogens is 180 g/mol. The summed E-state index contributed by atoms with van der Waals surface area (Å²) in [6.07, 6.45) is 0. The Balaban J connectivity index is 4.87. The third-order valence-corrected chi connectivity index (χ3v) is 2.05. The summed E-state index contributed by atoms with van der Waals surface area (Å²) in [4.78, 5) is 13.2. The van der Waals surface area contributed by atoms with Crippen LogP contribution in [-0.2, 0) is 10.0 Å². The van der Waals surface area contributed by atoms with Crippen molar-refractivity contribution in [3.63, 3.8) is 0 Å². The molecule has 0 fully saturated rings. The first-order valence-corrected chi connectivity index (χ1v) is 4.70. The molecular formula is C10H21N2O2. The minimum Gasteiger partial charge on any atom is -0.347 e. The maximum Gasteiger partial charge on any atom is 0.244 e. The first-order chi connectivity index (χ1) is 6.01. The van der Waals surface area contributed by atoms with Gasteiger partial charge in [0.15, 0.2) is 0 Å². The topological polar surface area (TPSA) is 43.5 Å². The summed E-state index contributed by atoms with van der Waals surface area (Å²) in [5, 5.41) is 12.8. The molecule has 0 atom stereocenters. The van der Waals surface area contributed by atoms with E-state index in [9.17, 15) is 10.0 Å². The van der Waals surface area contributed by atoms with Gasteiger partial charge in [0.05, 0.1) is 0 Å². The Bertz CT molecular complexity index is 217. The van der Waals surface area contributed by atoms with Crippen LogP contribution in [0.2, 0.25) is 0 Å². The lowest BCUT2D eigenvalue weighted by molar-refractivity contribution is -0.263. The highest BCUT2D eigenvalue weighted by Gasteiger charge is 2.42. The van der Waals surface area contributed by atoms with E-state index in [4.69, 9.17) is 0 Å². The lowest BCUT2D eigenvalue weighted by Crippen LogP contribution is -2.58. The third-order valence-electron chi connectivity index (χ3n) is 2.05. The van der Waals surface area contributed by atoms with Crippen LogP contribution in [0.5, 0.6) is 0 Å². The quantitative estimate of drug-likeness (QED) is 0.632. The fourth-order valence-electron chi connectivity index (χ4n) is 1.47. The third kappa shape index (κ3) is 2.69. The largest absolute Gasteiger partial charge is 0.347 e. The normalized spacial score (nSPS) is 13.2. The number of likely N-dealkylation sites (N-methyl/N-ethyl adjacent to an activating group) is 1. The predicted molar refractivity (Wildman–Crippen MR) is 55.1 cm³/mol. The van der Waals surface area contributed by atoms with E-state index in [0.717, 1.165) is 5.06 Å². The van der Waals surface area contributed by atoms with Crippen LogP contribution in [0.3, 0.4) is 0 Å². The average molecular weight is 201 g/mol. The Hall–Kier alpha value is -0.610. The summed E-state index contributed by atoms with van der Waals surface area (Å²) in [6.45, 7) is 8.68. The number of carbonyl (C=O) groups is 1. The Kier molecular flexibility index (Phi) is 3.70. The number of amides is 1. The van der Waals surface area contributed by atoms with Crippen LogP contribution in [0.4, 0.5) is 0 Å². The standard InChI is InChI=1S/C10H21N2O2/c1-9(2,3)12(14)10(4,5)8(13)11(6)7/h1-7H3. The van der Waals surface area contributed by atoms with Crippen molar-refractivity contribution < 1.29 is 10.0 Å². The van der Waals surface area contributed by atoms with E-state index in [1.807, 2.05) is 0 Å². The van der Waals surface area contributed by atoms with Gasteiger partial charge in [0.25, 0.3) is 0 Å². The summed E-state index contributed by atoms with van der Waals surface area (Å²) in [7, 11) is 3.31. The van der Waals surface area contributed by atoms with Crippen LogP contribution in [0, 0.1) is 0 Å². The van der Waals surface area contributed by atoms with Crippen molar-refractivity contribution in [3.8, 4) is 0 Å². The summed E-state index contributed by atoms with van der Waals surface area (Å²) in [5.41, 5.74) is -1.57. The van der Waals surface area contributed by atoms with Gasteiger partial charge in [-0.05, 0) is 34.6 Å². The maximum absolute atomic E-state index is 11.9. The molecule has 0 rings (SSSR count). The summed E-state index contributed by atoms with van der Waals surface area (Å²) in [5.74, 6) is -0.178. The number of rotatable bonds is 2. The molecule has 83 valence electrons. The van der Waals surface area contributed by atoms with Crippen molar-refractivity contribution in [2.75, 3.05) is 14.1 Å². The number of carbonyl (C=O) groups excluding carboxylic acids is 1. The maximum atomic E-state index is 11.9. The van der Waals surface area contributed by atoms with Gasteiger partial charge in [0.2, 0.25) is 5.91 Å². The van der Waals surface area contributed by atoms with Crippen LogP contribution in [0.25, 0.3) is 0 Å². The van der Waals surface area contributed by atoms with Gasteiger partial charge in [-0.25, -0.2) is 0 Å². The first kappa shape index (κ1) is 13.4. The Labute approximate surface area is 86.5 Å². The lowest BCUT2D eigenvalue weighted by Gasteiger charge is -2.39. The fourth-order valence-corrected chi connectivity index (χ4v) is 1.47. The zero-order valence-corrected chi connectivity index (χ0v) is 10.2. The highest BCUT2D eigenvalue weighted by molar-refractivity contribution is 5.84. The second-order valence-corrected chi connectivity index (χ2v) is 5.22. The van der Waals surface area contributed by atoms with Gasteiger partial charge in [-0.2, -0.15) is 0 Å². The van der Waals surface area contributed by atoms with E-state index in [-0.39, 0.29) is 5.91 Å². The van der Waals surface area contributed by atoms with Gasteiger partial charge in [0.1, 0.15) is 5.54 Å². The minimum absolute atomic E-state index is 0.178. The molecule has 0 aliphatic heterocycles. The first-order valence-electron chi connectivity index (χ1n) is 4.70. The molecule has 0 aromatic heterocycles. The van der Waals surface area contributed by atoms with Crippen molar-refractivity contribution in [2.24, 2.45) is 0 Å². The molecule has 0 aliphatic carbocycles. The fraction of sp³-hybridized carbons (Fsp3) is 0.900. The molecule has 0 bridgehead atoms. The molecule has 1 amide bonds. The molecule has 0 saturated heterocycles. The van der Waals surface area contributed by atoms with Crippen molar-refractivity contribution in [1.29, 1.82) is 0 Å².